The van der Waals surface area contributed by atoms with Crippen LogP contribution in [-0.4, -0.2) is 36.7 Å². The van der Waals surface area contributed by atoms with Gasteiger partial charge in [-0.05, 0) is 76.2 Å². The first-order valence-corrected chi connectivity index (χ1v) is 16.5. The van der Waals surface area contributed by atoms with Crippen molar-refractivity contribution in [3.8, 4) is 11.5 Å². The molecule has 9 nitrogen and oxygen atoms in total. The highest BCUT2D eigenvalue weighted by atomic mass is 16.6. The van der Waals surface area contributed by atoms with Gasteiger partial charge in [0.1, 0.15) is 17.2 Å². The second kappa shape index (κ2) is 11.6. The molecule has 0 aromatic heterocycles. The highest BCUT2D eigenvalue weighted by Crippen LogP contribution is 2.74. The summed E-state index contributed by atoms with van der Waals surface area (Å²) in [6.07, 6.45) is 0. The standard InChI is InChI=1S/C42H32N2O7/c1-25-14-23-32(33(24-25)44(48)49)43-38(45)36-37(39(43)46)42(29-12-8-5-9-13-29)35(27-17-21-31(51-3)22-18-27)34(26-15-19-30(50-2)20-16-26)41(36,40(42)47)28-10-6-4-7-11-28/h4-24,36-37H,1-3H3/t36-,37-,41+,42+/m1/s1. The van der Waals surface area contributed by atoms with Crippen molar-refractivity contribution in [2.24, 2.45) is 11.8 Å². The molecule has 0 unspecified atom stereocenters. The molecule has 0 radical (unpaired) electrons. The third-order valence-electron chi connectivity index (χ3n) is 10.8. The van der Waals surface area contributed by atoms with Crippen molar-refractivity contribution in [3.63, 3.8) is 0 Å². The van der Waals surface area contributed by atoms with Crippen LogP contribution < -0.4 is 14.4 Å². The van der Waals surface area contributed by atoms with Gasteiger partial charge in [0.15, 0.2) is 5.78 Å². The molecule has 3 aliphatic rings. The maximum Gasteiger partial charge on any atom is 0.293 e. The van der Waals surface area contributed by atoms with Gasteiger partial charge in [-0.2, -0.15) is 0 Å². The largest absolute Gasteiger partial charge is 0.497 e. The zero-order valence-electron chi connectivity index (χ0n) is 28.0. The van der Waals surface area contributed by atoms with Gasteiger partial charge >= 0.3 is 0 Å². The van der Waals surface area contributed by atoms with E-state index in [1.807, 2.05) is 84.9 Å². The van der Waals surface area contributed by atoms with E-state index >= 15 is 14.4 Å². The number of carbonyl (C=O) groups is 3. The van der Waals surface area contributed by atoms with E-state index in [9.17, 15) is 10.1 Å². The number of amides is 2. The first-order chi connectivity index (χ1) is 24.7. The van der Waals surface area contributed by atoms with E-state index in [1.165, 1.54) is 12.1 Å². The number of nitro benzene ring substituents is 1. The Hall–Kier alpha value is -6.35. The minimum Gasteiger partial charge on any atom is -0.497 e. The molecule has 0 N–H and O–H groups in total. The van der Waals surface area contributed by atoms with Gasteiger partial charge in [0.2, 0.25) is 11.8 Å². The van der Waals surface area contributed by atoms with Crippen LogP contribution in [0.5, 0.6) is 11.5 Å². The van der Waals surface area contributed by atoms with E-state index < -0.39 is 39.4 Å². The summed E-state index contributed by atoms with van der Waals surface area (Å²) in [6.45, 7) is 1.71. The minimum atomic E-state index is -1.66. The summed E-state index contributed by atoms with van der Waals surface area (Å²) in [7, 11) is 3.14. The molecular weight excluding hydrogens is 644 g/mol. The van der Waals surface area contributed by atoms with E-state index in [-0.39, 0.29) is 17.2 Å². The Morgan fingerprint density at radius 1 is 0.627 bits per heavy atom. The number of carbonyl (C=O) groups excluding carboxylic acids is 3. The van der Waals surface area contributed by atoms with Gasteiger partial charge in [-0.25, -0.2) is 4.90 Å². The summed E-state index contributed by atoms with van der Waals surface area (Å²) in [5.74, 6) is -2.85. The van der Waals surface area contributed by atoms with Crippen molar-refractivity contribution in [1.29, 1.82) is 0 Å². The number of nitro groups is 1. The van der Waals surface area contributed by atoms with Crippen LogP contribution in [0.3, 0.4) is 0 Å². The van der Waals surface area contributed by atoms with Crippen molar-refractivity contribution >= 4 is 40.1 Å². The number of ketones is 1. The summed E-state index contributed by atoms with van der Waals surface area (Å²) in [5.41, 5.74) is 0.450. The predicted molar refractivity (Wildman–Crippen MR) is 191 cm³/mol. The van der Waals surface area contributed by atoms with E-state index in [0.29, 0.717) is 50.5 Å². The lowest BCUT2D eigenvalue weighted by molar-refractivity contribution is -0.384. The number of anilines is 1. The first kappa shape index (κ1) is 31.9. The third kappa shape index (κ3) is 4.18. The Bertz CT molecular complexity index is 2160. The molecule has 1 saturated carbocycles. The zero-order chi connectivity index (χ0) is 35.7. The normalized spacial score (nSPS) is 23.5. The van der Waals surface area contributed by atoms with Crippen LogP contribution in [0.25, 0.3) is 11.1 Å². The molecule has 2 aliphatic carbocycles. The Morgan fingerprint density at radius 2 is 1.06 bits per heavy atom. The molecular formula is C42H32N2O7. The highest BCUT2D eigenvalue weighted by molar-refractivity contribution is 6.39. The van der Waals surface area contributed by atoms with Crippen LogP contribution in [0.15, 0.2) is 127 Å². The molecule has 1 heterocycles. The average molecular weight is 677 g/mol. The predicted octanol–water partition coefficient (Wildman–Crippen LogP) is 7.11. The number of rotatable bonds is 8. The smallest absolute Gasteiger partial charge is 0.293 e. The van der Waals surface area contributed by atoms with E-state index in [1.54, 1.807) is 51.5 Å². The molecule has 8 rings (SSSR count). The number of fused-ring (bicyclic) bond motifs is 5. The molecule has 1 aliphatic heterocycles. The van der Waals surface area contributed by atoms with E-state index in [2.05, 4.69) is 0 Å². The van der Waals surface area contributed by atoms with Gasteiger partial charge in [0, 0.05) is 6.07 Å². The zero-order valence-corrected chi connectivity index (χ0v) is 28.0. The van der Waals surface area contributed by atoms with Crippen LogP contribution in [0.4, 0.5) is 11.4 Å². The molecule has 252 valence electrons. The number of Topliss-reactive ketones (excluding diaryl/α,β-unsaturated/α-hetero) is 1. The number of hydrogen-bond acceptors (Lipinski definition) is 7. The molecule has 2 amide bonds. The summed E-state index contributed by atoms with van der Waals surface area (Å²) < 4.78 is 11.0. The highest BCUT2D eigenvalue weighted by Gasteiger charge is 2.83. The molecule has 9 heteroatoms. The number of aryl methyl sites for hydroxylation is 1. The maximum atomic E-state index is 16.1. The Morgan fingerprint density at radius 3 is 1.45 bits per heavy atom. The fourth-order valence-corrected chi connectivity index (χ4v) is 8.85. The second-order valence-corrected chi connectivity index (χ2v) is 13.1. The molecule has 5 aromatic carbocycles. The fourth-order valence-electron chi connectivity index (χ4n) is 8.85. The molecule has 2 bridgehead atoms. The summed E-state index contributed by atoms with van der Waals surface area (Å²) in [6, 6.07) is 37.4. The summed E-state index contributed by atoms with van der Waals surface area (Å²) in [5, 5.41) is 12.4. The number of methoxy groups -OCH3 is 2. The van der Waals surface area contributed by atoms with E-state index in [0.717, 1.165) is 4.90 Å². The third-order valence-corrected chi connectivity index (χ3v) is 10.8. The van der Waals surface area contributed by atoms with Crippen LogP contribution >= 0.6 is 0 Å². The van der Waals surface area contributed by atoms with Gasteiger partial charge in [-0.3, -0.25) is 24.5 Å². The lowest BCUT2D eigenvalue weighted by Gasteiger charge is -2.39. The lowest BCUT2D eigenvalue weighted by atomic mass is 9.59. The van der Waals surface area contributed by atoms with Gasteiger partial charge < -0.3 is 9.47 Å². The van der Waals surface area contributed by atoms with Gasteiger partial charge in [0.05, 0.1) is 41.8 Å². The molecule has 1 saturated heterocycles. The number of hydrogen-bond donors (Lipinski definition) is 0. The van der Waals surface area contributed by atoms with Crippen molar-refractivity contribution in [2.45, 2.75) is 17.8 Å². The first-order valence-electron chi connectivity index (χ1n) is 16.5. The van der Waals surface area contributed by atoms with Crippen molar-refractivity contribution in [1.82, 2.24) is 0 Å². The van der Waals surface area contributed by atoms with Crippen molar-refractivity contribution in [2.75, 3.05) is 19.1 Å². The molecule has 0 spiro atoms. The number of allylic oxidation sites excluding steroid dienone is 2. The lowest BCUT2D eigenvalue weighted by Crippen LogP contribution is -2.45. The minimum absolute atomic E-state index is 0.120. The van der Waals surface area contributed by atoms with E-state index in [4.69, 9.17) is 9.47 Å². The van der Waals surface area contributed by atoms with Crippen LogP contribution in [0, 0.1) is 28.9 Å². The summed E-state index contributed by atoms with van der Waals surface area (Å²) >= 11 is 0. The SMILES string of the molecule is COc1ccc(C2=C(c3ccc(OC)cc3)[C@]3(c4ccccc4)C(=O)[C@]2(c2ccccc2)[C@H]2C(=O)N(c4ccc(C)cc4[N+](=O)[O-])C(=O)[C@@H]23)cc1. The molecule has 5 aromatic rings. The van der Waals surface area contributed by atoms with Crippen molar-refractivity contribution in [3.05, 3.63) is 165 Å². The van der Waals surface area contributed by atoms with Gasteiger partial charge in [-0.1, -0.05) is 91.0 Å². The maximum absolute atomic E-state index is 16.1. The number of ether oxygens (including phenoxy) is 2. The quantitative estimate of drug-likeness (QED) is 0.0977. The van der Waals surface area contributed by atoms with Crippen LogP contribution in [0.1, 0.15) is 27.8 Å². The second-order valence-electron chi connectivity index (χ2n) is 13.1. The number of nitrogens with zero attached hydrogens (tertiary/aromatic N) is 2. The summed E-state index contributed by atoms with van der Waals surface area (Å²) in [4.78, 5) is 59.3. The Balaban J connectivity index is 1.54. The fraction of sp³-hybridized carbons (Fsp3) is 0.167. The Labute approximate surface area is 293 Å². The van der Waals surface area contributed by atoms with Crippen molar-refractivity contribution < 1.29 is 28.8 Å². The van der Waals surface area contributed by atoms with Gasteiger partial charge in [0.25, 0.3) is 5.69 Å². The van der Waals surface area contributed by atoms with Crippen LogP contribution in [-0.2, 0) is 25.2 Å². The molecule has 4 atom stereocenters. The topological polar surface area (TPSA) is 116 Å². The number of benzene rings is 5. The molecule has 51 heavy (non-hydrogen) atoms. The monoisotopic (exact) mass is 676 g/mol. The van der Waals surface area contributed by atoms with Crippen LogP contribution in [0.2, 0.25) is 0 Å². The number of imide groups is 1. The van der Waals surface area contributed by atoms with Gasteiger partial charge in [-0.15, -0.1) is 0 Å². The average Bonchev–Trinajstić information content (AvgIpc) is 3.67. The molecule has 2 fully saturated rings. The Kier molecular flexibility index (Phi) is 7.27.